The Bertz CT molecular complexity index is 1100. The molecule has 0 amide bonds. The molecular formula is C18H19NO4S2. The van der Waals surface area contributed by atoms with E-state index in [4.69, 9.17) is 0 Å². The molecule has 0 bridgehead atoms. The zero-order valence-corrected chi connectivity index (χ0v) is 15.7. The molecule has 0 atom stereocenters. The third kappa shape index (κ3) is 3.93. The Balaban J connectivity index is 1.95. The molecule has 1 N–H and O–H groups in total. The Hall–Kier alpha value is -2.12. The minimum atomic E-state index is -3.24. The number of hydrogen-bond acceptors (Lipinski definition) is 4. The number of fused-ring (bicyclic) bond motifs is 1. The average molecular weight is 377 g/mol. The minimum Gasteiger partial charge on any atom is -0.358 e. The Morgan fingerprint density at radius 3 is 2.24 bits per heavy atom. The van der Waals surface area contributed by atoms with E-state index in [9.17, 15) is 16.8 Å². The number of thiol groups is 1. The standard InChI is InChI=1S/C18H19NO4S2/c1-12-17(9-13-3-5-14(6-4-13)11-24(20)21)16-8-7-15(25(2,22)23)10-18(16)19-12/h3-8,10,19,24H,9,11H2,1-2H3. The van der Waals surface area contributed by atoms with Gasteiger partial charge in [-0.15, -0.1) is 0 Å². The summed E-state index contributed by atoms with van der Waals surface area (Å²) in [5.74, 6) is 0.0516. The van der Waals surface area contributed by atoms with Crippen LogP contribution in [-0.4, -0.2) is 28.1 Å². The van der Waals surface area contributed by atoms with Crippen molar-refractivity contribution in [1.29, 1.82) is 0 Å². The summed E-state index contributed by atoms with van der Waals surface area (Å²) in [6.07, 6.45) is 1.88. The Labute approximate surface area is 148 Å². The first-order chi connectivity index (χ1) is 11.7. The van der Waals surface area contributed by atoms with Crippen LogP contribution < -0.4 is 0 Å². The van der Waals surface area contributed by atoms with Gasteiger partial charge in [-0.25, -0.2) is 16.8 Å². The monoisotopic (exact) mass is 377 g/mol. The molecule has 0 fully saturated rings. The van der Waals surface area contributed by atoms with Crippen molar-refractivity contribution >= 4 is 31.4 Å². The quantitative estimate of drug-likeness (QED) is 0.670. The van der Waals surface area contributed by atoms with Crippen LogP contribution in [0.5, 0.6) is 0 Å². The van der Waals surface area contributed by atoms with Crippen molar-refractivity contribution in [2.75, 3.05) is 6.26 Å². The van der Waals surface area contributed by atoms with E-state index in [1.807, 2.05) is 37.3 Å². The van der Waals surface area contributed by atoms with Crippen LogP contribution in [0, 0.1) is 6.92 Å². The lowest BCUT2D eigenvalue weighted by atomic mass is 10.0. The molecule has 0 saturated heterocycles. The summed E-state index contributed by atoms with van der Waals surface area (Å²) < 4.78 is 45.0. The summed E-state index contributed by atoms with van der Waals surface area (Å²) in [5.41, 5.74) is 4.75. The average Bonchev–Trinajstić information content (AvgIpc) is 2.83. The van der Waals surface area contributed by atoms with Crippen LogP contribution in [0.25, 0.3) is 10.9 Å². The van der Waals surface area contributed by atoms with Gasteiger partial charge >= 0.3 is 0 Å². The number of H-pyrrole nitrogens is 1. The first kappa shape index (κ1) is 17.7. The van der Waals surface area contributed by atoms with Gasteiger partial charge < -0.3 is 4.98 Å². The molecule has 7 heteroatoms. The molecule has 0 aliphatic heterocycles. The van der Waals surface area contributed by atoms with Crippen LogP contribution in [0.1, 0.15) is 22.4 Å². The fourth-order valence-electron chi connectivity index (χ4n) is 2.94. The van der Waals surface area contributed by atoms with Crippen molar-refractivity contribution in [2.24, 2.45) is 0 Å². The highest BCUT2D eigenvalue weighted by Gasteiger charge is 2.13. The number of nitrogens with one attached hydrogen (secondary N) is 1. The van der Waals surface area contributed by atoms with Crippen molar-refractivity contribution in [3.8, 4) is 0 Å². The summed E-state index contributed by atoms with van der Waals surface area (Å²) in [6, 6.07) is 12.6. The van der Waals surface area contributed by atoms with Gasteiger partial charge in [0.15, 0.2) is 9.84 Å². The number of rotatable bonds is 5. The lowest BCUT2D eigenvalue weighted by molar-refractivity contribution is 0.601. The van der Waals surface area contributed by atoms with Crippen molar-refractivity contribution < 1.29 is 16.8 Å². The van der Waals surface area contributed by atoms with Crippen LogP contribution in [0.4, 0.5) is 0 Å². The second-order valence-corrected chi connectivity index (χ2v) is 9.19. The molecule has 0 aliphatic carbocycles. The lowest BCUT2D eigenvalue weighted by Gasteiger charge is -2.04. The van der Waals surface area contributed by atoms with Gasteiger partial charge in [0, 0.05) is 22.9 Å². The third-order valence-corrected chi connectivity index (χ3v) is 5.97. The smallest absolute Gasteiger partial charge is 0.175 e. The number of aryl methyl sites for hydroxylation is 1. The van der Waals surface area contributed by atoms with E-state index in [0.29, 0.717) is 11.3 Å². The highest BCUT2D eigenvalue weighted by atomic mass is 32.2. The number of benzene rings is 2. The van der Waals surface area contributed by atoms with Crippen LogP contribution >= 0.6 is 0 Å². The minimum absolute atomic E-state index is 0.0516. The van der Waals surface area contributed by atoms with Crippen LogP contribution in [-0.2, 0) is 32.7 Å². The van der Waals surface area contributed by atoms with Gasteiger partial charge in [-0.3, -0.25) is 0 Å². The number of hydrogen-bond donors (Lipinski definition) is 2. The predicted octanol–water partition coefficient (Wildman–Crippen LogP) is 2.58. The number of aromatic nitrogens is 1. The fraction of sp³-hybridized carbons (Fsp3) is 0.222. The highest BCUT2D eigenvalue weighted by Crippen LogP contribution is 2.27. The predicted molar refractivity (Wildman–Crippen MR) is 99.4 cm³/mol. The molecular weight excluding hydrogens is 358 g/mol. The molecule has 3 aromatic rings. The molecule has 3 rings (SSSR count). The second kappa shape index (κ2) is 6.65. The SMILES string of the molecule is Cc1[nH]c2cc(S(C)(=O)=O)ccc2c1Cc1ccc(C[SH](=O)=O)cc1. The molecule has 5 nitrogen and oxygen atoms in total. The van der Waals surface area contributed by atoms with Crippen molar-refractivity contribution in [2.45, 2.75) is 24.0 Å². The largest absolute Gasteiger partial charge is 0.358 e. The first-order valence-electron chi connectivity index (χ1n) is 7.75. The van der Waals surface area contributed by atoms with Crippen LogP contribution in [0.2, 0.25) is 0 Å². The van der Waals surface area contributed by atoms with Gasteiger partial charge in [0.05, 0.1) is 10.6 Å². The van der Waals surface area contributed by atoms with E-state index in [2.05, 4.69) is 4.98 Å². The van der Waals surface area contributed by atoms with Crippen LogP contribution in [0.3, 0.4) is 0 Å². The number of aromatic amines is 1. The van der Waals surface area contributed by atoms with E-state index >= 15 is 0 Å². The molecule has 132 valence electrons. The van der Waals surface area contributed by atoms with E-state index in [1.165, 1.54) is 6.26 Å². The molecule has 0 radical (unpaired) electrons. The Morgan fingerprint density at radius 1 is 1.00 bits per heavy atom. The number of sulfone groups is 1. The van der Waals surface area contributed by atoms with Crippen molar-refractivity contribution in [3.05, 3.63) is 64.8 Å². The zero-order valence-electron chi connectivity index (χ0n) is 13.9. The normalized spacial score (nSPS) is 12.1. The van der Waals surface area contributed by atoms with Gasteiger partial charge in [0.1, 0.15) is 10.7 Å². The zero-order chi connectivity index (χ0) is 18.2. The topological polar surface area (TPSA) is 84.1 Å². The Kier molecular flexibility index (Phi) is 4.71. The molecule has 1 aromatic heterocycles. The highest BCUT2D eigenvalue weighted by molar-refractivity contribution is 7.90. The Morgan fingerprint density at radius 2 is 1.64 bits per heavy atom. The first-order valence-corrected chi connectivity index (χ1v) is 11.0. The summed E-state index contributed by atoms with van der Waals surface area (Å²) >= 11 is 0. The van der Waals surface area contributed by atoms with Gasteiger partial charge in [-0.1, -0.05) is 30.3 Å². The van der Waals surface area contributed by atoms with E-state index in [-0.39, 0.29) is 5.75 Å². The summed E-state index contributed by atoms with van der Waals surface area (Å²) in [7, 11) is -5.66. The fourth-order valence-corrected chi connectivity index (χ4v) is 4.10. The molecule has 1 heterocycles. The lowest BCUT2D eigenvalue weighted by Crippen LogP contribution is -1.96. The van der Waals surface area contributed by atoms with Crippen LogP contribution in [0.15, 0.2) is 47.4 Å². The van der Waals surface area contributed by atoms with Gasteiger partial charge in [0.2, 0.25) is 0 Å². The molecule has 0 saturated carbocycles. The maximum Gasteiger partial charge on any atom is 0.175 e. The summed E-state index contributed by atoms with van der Waals surface area (Å²) in [6.45, 7) is 1.96. The molecule has 2 aromatic carbocycles. The van der Waals surface area contributed by atoms with Gasteiger partial charge in [-0.05, 0) is 42.2 Å². The maximum absolute atomic E-state index is 11.7. The van der Waals surface area contributed by atoms with Crippen molar-refractivity contribution in [3.63, 3.8) is 0 Å². The summed E-state index contributed by atoms with van der Waals surface area (Å²) in [4.78, 5) is 3.55. The second-order valence-electron chi connectivity index (χ2n) is 6.19. The molecule has 25 heavy (non-hydrogen) atoms. The van der Waals surface area contributed by atoms with E-state index in [0.717, 1.165) is 33.3 Å². The summed E-state index contributed by atoms with van der Waals surface area (Å²) in [5, 5.41) is 0.997. The van der Waals surface area contributed by atoms with E-state index in [1.54, 1.807) is 12.1 Å². The van der Waals surface area contributed by atoms with Gasteiger partial charge in [0.25, 0.3) is 0 Å². The molecule has 0 aliphatic rings. The van der Waals surface area contributed by atoms with Crippen molar-refractivity contribution in [1.82, 2.24) is 4.98 Å². The van der Waals surface area contributed by atoms with E-state index < -0.39 is 20.5 Å². The third-order valence-electron chi connectivity index (χ3n) is 4.23. The molecule has 0 unspecified atom stereocenters. The maximum atomic E-state index is 11.7. The molecule has 0 spiro atoms. The van der Waals surface area contributed by atoms with Gasteiger partial charge in [-0.2, -0.15) is 0 Å².